The second kappa shape index (κ2) is 11.2. The van der Waals surface area contributed by atoms with Crippen molar-refractivity contribution in [2.45, 2.75) is 144 Å². The van der Waals surface area contributed by atoms with Gasteiger partial charge < -0.3 is 20.4 Å². The highest BCUT2D eigenvalue weighted by atomic mass is 35.5. The summed E-state index contributed by atoms with van der Waals surface area (Å²) in [6.07, 6.45) is 6.80. The average Bonchev–Trinajstić information content (AvgIpc) is 2.82. The Balaban J connectivity index is 1.95. The Bertz CT molecular complexity index is 917. The van der Waals surface area contributed by atoms with E-state index in [0.717, 1.165) is 39.0 Å². The monoisotopic (exact) mass is 563 g/mol. The third kappa shape index (κ3) is 5.41. The molecule has 0 saturated carbocycles. The largest absolute Gasteiger partial charge is 0.335 e. The molecule has 3 heterocycles. The lowest BCUT2D eigenvalue weighted by Crippen LogP contribution is -2.72. The highest BCUT2D eigenvalue weighted by molar-refractivity contribution is 6.28. The molecule has 0 bridgehead atoms. The van der Waals surface area contributed by atoms with Gasteiger partial charge in [-0.05, 0) is 91.9 Å². The van der Waals surface area contributed by atoms with Gasteiger partial charge in [-0.15, -0.1) is 0 Å². The molecule has 7 nitrogen and oxygen atoms in total. The number of hydrogen-bond donors (Lipinski definition) is 2. The zero-order chi connectivity index (χ0) is 29.5. The quantitative estimate of drug-likeness (QED) is 0.302. The minimum Gasteiger partial charge on any atom is -0.335 e. The van der Waals surface area contributed by atoms with Crippen LogP contribution in [0.5, 0.6) is 0 Å². The molecule has 3 rings (SSSR count). The fraction of sp³-hybridized carbons (Fsp3) is 0.903. The number of nitrogens with one attached hydrogen (secondary N) is 2. The second-order valence-electron chi connectivity index (χ2n) is 14.6. The van der Waals surface area contributed by atoms with E-state index in [-0.39, 0.29) is 38.3 Å². The summed E-state index contributed by atoms with van der Waals surface area (Å²) in [7, 11) is 0. The Morgan fingerprint density at radius 1 is 0.641 bits per heavy atom. The summed E-state index contributed by atoms with van der Waals surface area (Å²) in [5, 5.41) is 8.10. The van der Waals surface area contributed by atoms with Crippen LogP contribution >= 0.6 is 11.6 Å². The molecule has 2 aliphatic rings. The van der Waals surface area contributed by atoms with Crippen LogP contribution in [0.2, 0.25) is 5.28 Å². The predicted molar refractivity (Wildman–Crippen MR) is 167 cm³/mol. The maximum Gasteiger partial charge on any atom is 0.231 e. The molecule has 1 aromatic rings. The summed E-state index contributed by atoms with van der Waals surface area (Å²) in [6, 6.07) is 0. The number of anilines is 2. The van der Waals surface area contributed by atoms with Crippen LogP contribution in [0.15, 0.2) is 0 Å². The van der Waals surface area contributed by atoms with Gasteiger partial charge in [0.25, 0.3) is 0 Å². The van der Waals surface area contributed by atoms with Crippen LogP contribution in [-0.2, 0) is 0 Å². The first-order chi connectivity index (χ1) is 17.9. The zero-order valence-corrected chi connectivity index (χ0v) is 27.9. The van der Waals surface area contributed by atoms with Gasteiger partial charge in [0.1, 0.15) is 0 Å². The molecule has 0 radical (unpaired) electrons. The molecule has 1 aromatic heterocycles. The molecule has 224 valence electrons. The third-order valence-corrected chi connectivity index (χ3v) is 12.2. The minimum atomic E-state index is -0.209. The lowest BCUT2D eigenvalue weighted by Gasteiger charge is -2.63. The van der Waals surface area contributed by atoms with E-state index >= 15 is 0 Å². The van der Waals surface area contributed by atoms with E-state index in [2.05, 4.69) is 104 Å². The van der Waals surface area contributed by atoms with Crippen molar-refractivity contribution in [3.8, 4) is 0 Å². The van der Waals surface area contributed by atoms with Crippen molar-refractivity contribution in [1.29, 1.82) is 0 Å². The number of rotatable bonds is 10. The van der Waals surface area contributed by atoms with Gasteiger partial charge in [-0.25, -0.2) is 0 Å². The zero-order valence-electron chi connectivity index (χ0n) is 27.2. The molecule has 8 heteroatoms. The van der Waals surface area contributed by atoms with Crippen molar-refractivity contribution in [2.24, 2.45) is 10.8 Å². The topological polar surface area (TPSA) is 69.2 Å². The molecule has 2 aliphatic heterocycles. The van der Waals surface area contributed by atoms with Gasteiger partial charge in [0.2, 0.25) is 17.2 Å². The predicted octanol–water partition coefficient (Wildman–Crippen LogP) is 6.85. The van der Waals surface area contributed by atoms with Gasteiger partial charge in [-0.1, -0.05) is 54.4 Å². The van der Waals surface area contributed by atoms with E-state index in [9.17, 15) is 0 Å². The van der Waals surface area contributed by atoms with E-state index in [1.165, 1.54) is 25.7 Å². The van der Waals surface area contributed by atoms with E-state index in [4.69, 9.17) is 26.6 Å². The standard InChI is InChI=1S/C31H58ClN7/c1-13-15-19-33-30(11)17-21-38(28(7,8)26(30,3)4)24-35-23(32)36-25(37-24)39-22-18-31(12,34-20-16-14-2)27(5,6)29(39,9)10/h33-34H,13-22H2,1-12H3. The molecule has 0 aliphatic carbocycles. The van der Waals surface area contributed by atoms with Gasteiger partial charge in [-0.3, -0.25) is 0 Å². The number of hydrogen-bond acceptors (Lipinski definition) is 7. The average molecular weight is 564 g/mol. The Labute approximate surface area is 244 Å². The molecular formula is C31H58ClN7. The van der Waals surface area contributed by atoms with E-state index in [1.54, 1.807) is 0 Å². The van der Waals surface area contributed by atoms with Crippen molar-refractivity contribution in [3.63, 3.8) is 0 Å². The molecular weight excluding hydrogens is 506 g/mol. The maximum atomic E-state index is 6.66. The number of unbranched alkanes of at least 4 members (excludes halogenated alkanes) is 2. The minimum absolute atomic E-state index is 0.00986. The molecule has 39 heavy (non-hydrogen) atoms. The van der Waals surface area contributed by atoms with E-state index < -0.39 is 0 Å². The van der Waals surface area contributed by atoms with Crippen molar-refractivity contribution in [3.05, 3.63) is 5.28 Å². The van der Waals surface area contributed by atoms with Crippen LogP contribution in [-0.4, -0.2) is 63.3 Å². The fourth-order valence-corrected chi connectivity index (χ4v) is 7.00. The second-order valence-corrected chi connectivity index (χ2v) is 14.9. The molecule has 0 amide bonds. The molecule has 2 saturated heterocycles. The van der Waals surface area contributed by atoms with Gasteiger partial charge in [0.05, 0.1) is 0 Å². The van der Waals surface area contributed by atoms with Crippen LogP contribution in [0, 0.1) is 10.8 Å². The number of aromatic nitrogens is 3. The Kier molecular flexibility index (Phi) is 9.32. The van der Waals surface area contributed by atoms with Gasteiger partial charge in [0.15, 0.2) is 0 Å². The number of nitrogens with zero attached hydrogens (tertiary/aromatic N) is 5. The van der Waals surface area contributed by atoms with Crippen molar-refractivity contribution in [2.75, 3.05) is 36.0 Å². The van der Waals surface area contributed by atoms with Crippen molar-refractivity contribution in [1.82, 2.24) is 25.6 Å². The third-order valence-electron chi connectivity index (χ3n) is 12.0. The highest BCUT2D eigenvalue weighted by Crippen LogP contribution is 2.52. The molecule has 2 atom stereocenters. The number of halogens is 1. The van der Waals surface area contributed by atoms with Gasteiger partial charge >= 0.3 is 0 Å². The SMILES string of the molecule is CCCCNC1(C)CCN(c2nc(Cl)nc(N3CCC(C)(NCCCC)C(C)(C)C3(C)C)n2)C(C)(C)C1(C)C. The first-order valence-corrected chi connectivity index (χ1v) is 15.8. The Morgan fingerprint density at radius 2 is 1.00 bits per heavy atom. The normalized spacial score (nSPS) is 29.5. The van der Waals surface area contributed by atoms with Gasteiger partial charge in [0, 0.05) is 46.1 Å². The first kappa shape index (κ1) is 32.3. The summed E-state index contributed by atoms with van der Waals surface area (Å²) in [4.78, 5) is 19.3. The molecule has 0 aromatic carbocycles. The lowest BCUT2D eigenvalue weighted by molar-refractivity contribution is 0.0186. The maximum absolute atomic E-state index is 6.66. The van der Waals surface area contributed by atoms with Crippen LogP contribution in [0.1, 0.15) is 122 Å². The molecule has 0 spiro atoms. The van der Waals surface area contributed by atoms with E-state index in [1.807, 2.05) is 0 Å². The van der Waals surface area contributed by atoms with E-state index in [0.29, 0.717) is 11.9 Å². The molecule has 2 fully saturated rings. The van der Waals surface area contributed by atoms with Gasteiger partial charge in [-0.2, -0.15) is 15.0 Å². The Hall–Kier alpha value is -1.18. The molecule has 2 N–H and O–H groups in total. The van der Waals surface area contributed by atoms with Crippen LogP contribution in [0.3, 0.4) is 0 Å². The Morgan fingerprint density at radius 3 is 1.33 bits per heavy atom. The van der Waals surface area contributed by atoms with Crippen LogP contribution in [0.4, 0.5) is 11.9 Å². The summed E-state index contributed by atoms with van der Waals surface area (Å²) in [5.41, 5.74) is -0.502. The summed E-state index contributed by atoms with van der Waals surface area (Å²) < 4.78 is 0. The summed E-state index contributed by atoms with van der Waals surface area (Å²) in [5.74, 6) is 1.36. The van der Waals surface area contributed by atoms with Crippen molar-refractivity contribution >= 4 is 23.5 Å². The smallest absolute Gasteiger partial charge is 0.231 e. The fourth-order valence-electron chi connectivity index (χ4n) is 6.85. The summed E-state index contributed by atoms with van der Waals surface area (Å²) >= 11 is 6.66. The van der Waals surface area contributed by atoms with Crippen LogP contribution in [0.25, 0.3) is 0 Å². The first-order valence-electron chi connectivity index (χ1n) is 15.4. The molecule has 2 unspecified atom stereocenters. The number of piperidine rings is 2. The van der Waals surface area contributed by atoms with Crippen molar-refractivity contribution < 1.29 is 0 Å². The summed E-state index contributed by atoms with van der Waals surface area (Å²) in [6.45, 7) is 31.9. The highest BCUT2D eigenvalue weighted by Gasteiger charge is 2.58. The lowest BCUT2D eigenvalue weighted by atomic mass is 9.57. The van der Waals surface area contributed by atoms with Crippen LogP contribution < -0.4 is 20.4 Å².